The number of fused-ring (bicyclic) bond motifs is 1. The van der Waals surface area contributed by atoms with Crippen molar-refractivity contribution in [1.82, 2.24) is 4.90 Å². The number of ether oxygens (including phenoxy) is 3. The molecular formula is C20H21NO5. The molecule has 0 atom stereocenters. The molecule has 0 saturated carbocycles. The van der Waals surface area contributed by atoms with Crippen LogP contribution in [0.2, 0.25) is 0 Å². The Morgan fingerprint density at radius 2 is 1.88 bits per heavy atom. The Morgan fingerprint density at radius 1 is 1.12 bits per heavy atom. The van der Waals surface area contributed by atoms with Crippen LogP contribution in [-0.2, 0) is 16.1 Å². The van der Waals surface area contributed by atoms with Gasteiger partial charge >= 0.3 is 0 Å². The van der Waals surface area contributed by atoms with Gasteiger partial charge in [-0.2, -0.15) is 0 Å². The van der Waals surface area contributed by atoms with Gasteiger partial charge in [0.15, 0.2) is 11.5 Å². The van der Waals surface area contributed by atoms with E-state index >= 15 is 0 Å². The molecule has 0 spiro atoms. The summed E-state index contributed by atoms with van der Waals surface area (Å²) in [6.45, 7) is 3.58. The van der Waals surface area contributed by atoms with Gasteiger partial charge in [0.1, 0.15) is 5.75 Å². The minimum Gasteiger partial charge on any atom is -0.496 e. The van der Waals surface area contributed by atoms with E-state index in [1.54, 1.807) is 14.0 Å². The zero-order valence-corrected chi connectivity index (χ0v) is 15.1. The molecule has 2 aromatic rings. The fraction of sp³-hybridized carbons (Fsp3) is 0.300. The Kier molecular flexibility index (Phi) is 5.11. The van der Waals surface area contributed by atoms with Crippen molar-refractivity contribution in [1.29, 1.82) is 0 Å². The molecule has 0 aromatic heterocycles. The largest absolute Gasteiger partial charge is 0.496 e. The highest BCUT2D eigenvalue weighted by Gasteiger charge is 2.19. The molecule has 1 aliphatic heterocycles. The van der Waals surface area contributed by atoms with Crippen molar-refractivity contribution >= 4 is 11.8 Å². The van der Waals surface area contributed by atoms with Crippen molar-refractivity contribution in [3.05, 3.63) is 42.0 Å². The van der Waals surface area contributed by atoms with Crippen LogP contribution in [0.1, 0.15) is 25.8 Å². The standard InChI is InChI=1S/C20H21NO5/c1-4-20(23)21(13(2)22)11-14-5-7-17(24-3)16(9-14)15-6-8-18-19(10-15)26-12-25-18/h5-10H,4,11-12H2,1-3H3. The highest BCUT2D eigenvalue weighted by molar-refractivity contribution is 5.94. The van der Waals surface area contributed by atoms with Crippen molar-refractivity contribution < 1.29 is 23.8 Å². The summed E-state index contributed by atoms with van der Waals surface area (Å²) in [5.41, 5.74) is 2.61. The van der Waals surface area contributed by atoms with Gasteiger partial charge in [-0.05, 0) is 35.4 Å². The summed E-state index contributed by atoms with van der Waals surface area (Å²) in [5, 5.41) is 0. The van der Waals surface area contributed by atoms with E-state index in [2.05, 4.69) is 0 Å². The molecule has 2 amide bonds. The molecular weight excluding hydrogens is 334 g/mol. The second kappa shape index (κ2) is 7.47. The first kappa shape index (κ1) is 17.8. The van der Waals surface area contributed by atoms with Crippen LogP contribution in [0, 0.1) is 0 Å². The number of methoxy groups -OCH3 is 1. The Hall–Kier alpha value is -3.02. The molecule has 0 bridgehead atoms. The van der Waals surface area contributed by atoms with Gasteiger partial charge in [-0.3, -0.25) is 14.5 Å². The van der Waals surface area contributed by atoms with E-state index in [0.29, 0.717) is 17.2 Å². The number of nitrogens with zero attached hydrogens (tertiary/aromatic N) is 1. The third-order valence-corrected chi connectivity index (χ3v) is 4.27. The van der Waals surface area contributed by atoms with E-state index in [1.165, 1.54) is 11.8 Å². The molecule has 2 aromatic carbocycles. The summed E-state index contributed by atoms with van der Waals surface area (Å²) in [4.78, 5) is 25.1. The molecule has 1 aliphatic rings. The summed E-state index contributed by atoms with van der Waals surface area (Å²) in [5.74, 6) is 1.63. The van der Waals surface area contributed by atoms with E-state index in [1.807, 2.05) is 36.4 Å². The third kappa shape index (κ3) is 3.49. The van der Waals surface area contributed by atoms with Crippen LogP contribution in [0.5, 0.6) is 17.2 Å². The lowest BCUT2D eigenvalue weighted by molar-refractivity contribution is -0.144. The Morgan fingerprint density at radius 3 is 2.58 bits per heavy atom. The number of benzene rings is 2. The maximum absolute atomic E-state index is 12.0. The fourth-order valence-corrected chi connectivity index (χ4v) is 2.89. The van der Waals surface area contributed by atoms with Crippen LogP contribution in [0.3, 0.4) is 0 Å². The number of hydrogen-bond acceptors (Lipinski definition) is 5. The maximum Gasteiger partial charge on any atom is 0.231 e. The van der Waals surface area contributed by atoms with Crippen LogP contribution < -0.4 is 14.2 Å². The monoisotopic (exact) mass is 355 g/mol. The molecule has 3 rings (SSSR count). The van der Waals surface area contributed by atoms with Crippen LogP contribution in [0.25, 0.3) is 11.1 Å². The first-order chi connectivity index (χ1) is 12.5. The molecule has 0 fully saturated rings. The molecule has 1 heterocycles. The Labute approximate surface area is 152 Å². The lowest BCUT2D eigenvalue weighted by Gasteiger charge is -2.19. The number of rotatable bonds is 5. The highest BCUT2D eigenvalue weighted by atomic mass is 16.7. The summed E-state index contributed by atoms with van der Waals surface area (Å²) in [7, 11) is 1.61. The van der Waals surface area contributed by atoms with Gasteiger partial charge in [0.05, 0.1) is 13.7 Å². The summed E-state index contributed by atoms with van der Waals surface area (Å²) in [6.07, 6.45) is 0.282. The minimum absolute atomic E-state index is 0.196. The molecule has 6 heteroatoms. The average Bonchev–Trinajstić information content (AvgIpc) is 3.12. The normalized spacial score (nSPS) is 12.0. The lowest BCUT2D eigenvalue weighted by atomic mass is 10.0. The van der Waals surface area contributed by atoms with Gasteiger partial charge in [-0.15, -0.1) is 0 Å². The van der Waals surface area contributed by atoms with Crippen molar-refractivity contribution in [3.8, 4) is 28.4 Å². The fourth-order valence-electron chi connectivity index (χ4n) is 2.89. The first-order valence-corrected chi connectivity index (χ1v) is 8.41. The zero-order valence-electron chi connectivity index (χ0n) is 15.1. The molecule has 0 radical (unpaired) electrons. The van der Waals surface area contributed by atoms with E-state index in [4.69, 9.17) is 14.2 Å². The summed E-state index contributed by atoms with van der Waals surface area (Å²) in [6, 6.07) is 11.3. The first-order valence-electron chi connectivity index (χ1n) is 8.41. The molecule has 6 nitrogen and oxygen atoms in total. The van der Waals surface area contributed by atoms with Crippen molar-refractivity contribution in [2.24, 2.45) is 0 Å². The quantitative estimate of drug-likeness (QED) is 0.823. The number of amides is 2. The number of carbonyl (C=O) groups excluding carboxylic acids is 2. The van der Waals surface area contributed by atoms with Crippen LogP contribution in [-0.4, -0.2) is 30.6 Å². The van der Waals surface area contributed by atoms with Crippen molar-refractivity contribution in [2.75, 3.05) is 13.9 Å². The van der Waals surface area contributed by atoms with Gasteiger partial charge in [0.2, 0.25) is 18.6 Å². The van der Waals surface area contributed by atoms with E-state index in [-0.39, 0.29) is 31.6 Å². The van der Waals surface area contributed by atoms with Crippen LogP contribution in [0.15, 0.2) is 36.4 Å². The molecule has 26 heavy (non-hydrogen) atoms. The van der Waals surface area contributed by atoms with Gasteiger partial charge in [0, 0.05) is 18.9 Å². The highest BCUT2D eigenvalue weighted by Crippen LogP contribution is 2.39. The number of carbonyl (C=O) groups is 2. The molecule has 0 aliphatic carbocycles. The smallest absolute Gasteiger partial charge is 0.231 e. The predicted molar refractivity (Wildman–Crippen MR) is 96.1 cm³/mol. The number of imide groups is 1. The topological polar surface area (TPSA) is 65.1 Å². The zero-order chi connectivity index (χ0) is 18.7. The van der Waals surface area contributed by atoms with E-state index in [0.717, 1.165) is 16.7 Å². The number of hydrogen-bond donors (Lipinski definition) is 0. The lowest BCUT2D eigenvalue weighted by Crippen LogP contribution is -2.34. The minimum atomic E-state index is -0.266. The van der Waals surface area contributed by atoms with Gasteiger partial charge in [0.25, 0.3) is 0 Å². The second-order valence-corrected chi connectivity index (χ2v) is 5.96. The SMILES string of the molecule is CCC(=O)N(Cc1ccc(OC)c(-c2ccc3c(c2)OCO3)c1)C(C)=O. The van der Waals surface area contributed by atoms with E-state index < -0.39 is 0 Å². The Balaban J connectivity index is 1.96. The summed E-state index contributed by atoms with van der Waals surface area (Å²) < 4.78 is 16.3. The molecule has 0 N–H and O–H groups in total. The van der Waals surface area contributed by atoms with Crippen LogP contribution >= 0.6 is 0 Å². The van der Waals surface area contributed by atoms with Gasteiger partial charge in [-0.25, -0.2) is 0 Å². The Bertz CT molecular complexity index is 846. The van der Waals surface area contributed by atoms with Crippen LogP contribution in [0.4, 0.5) is 0 Å². The molecule has 136 valence electrons. The van der Waals surface area contributed by atoms with Gasteiger partial charge in [-0.1, -0.05) is 19.1 Å². The average molecular weight is 355 g/mol. The third-order valence-electron chi connectivity index (χ3n) is 4.27. The van der Waals surface area contributed by atoms with Crippen molar-refractivity contribution in [3.63, 3.8) is 0 Å². The maximum atomic E-state index is 12.0. The van der Waals surface area contributed by atoms with Gasteiger partial charge < -0.3 is 14.2 Å². The molecule has 0 unspecified atom stereocenters. The second-order valence-electron chi connectivity index (χ2n) is 5.96. The van der Waals surface area contributed by atoms with Crippen molar-refractivity contribution in [2.45, 2.75) is 26.8 Å². The summed E-state index contributed by atoms with van der Waals surface area (Å²) >= 11 is 0. The van der Waals surface area contributed by atoms with E-state index in [9.17, 15) is 9.59 Å². The molecule has 0 saturated heterocycles. The predicted octanol–water partition coefficient (Wildman–Crippen LogP) is 3.38.